The summed E-state index contributed by atoms with van der Waals surface area (Å²) in [5.41, 5.74) is 0.282. The van der Waals surface area contributed by atoms with Gasteiger partial charge in [0.25, 0.3) is 0 Å². The van der Waals surface area contributed by atoms with E-state index in [2.05, 4.69) is 26.3 Å². The molecule has 5 rings (SSSR count). The number of halogens is 3. The number of hydrogen-bond donors (Lipinski definition) is 3. The fraction of sp³-hybridized carbons (Fsp3) is 0.462. The predicted octanol–water partition coefficient (Wildman–Crippen LogP) is 6.34. The predicted molar refractivity (Wildman–Crippen MR) is 132 cm³/mol. The molecule has 2 aliphatic carbocycles. The van der Waals surface area contributed by atoms with Crippen molar-refractivity contribution in [3.63, 3.8) is 0 Å². The number of carboxylic acids is 1. The Labute approximate surface area is 215 Å². The quantitative estimate of drug-likeness (QED) is 0.326. The van der Waals surface area contributed by atoms with Crippen LogP contribution in [0.4, 0.5) is 24.8 Å². The first-order valence-electron chi connectivity index (χ1n) is 12.2. The molecule has 1 aromatic carbocycles. The van der Waals surface area contributed by atoms with E-state index in [1.807, 2.05) is 12.1 Å². The molecule has 11 heteroatoms. The summed E-state index contributed by atoms with van der Waals surface area (Å²) in [7, 11) is 0. The van der Waals surface area contributed by atoms with Crippen molar-refractivity contribution < 1.29 is 28.2 Å². The highest BCUT2D eigenvalue weighted by Gasteiger charge is 2.40. The Morgan fingerprint density at radius 3 is 2.46 bits per heavy atom. The van der Waals surface area contributed by atoms with Gasteiger partial charge in [-0.2, -0.15) is 13.2 Å². The van der Waals surface area contributed by atoms with Gasteiger partial charge in [0.15, 0.2) is 0 Å². The first-order valence-corrected chi connectivity index (χ1v) is 13.1. The van der Waals surface area contributed by atoms with Gasteiger partial charge in [0.2, 0.25) is 5.95 Å². The Kier molecular flexibility index (Phi) is 6.70. The molecule has 2 aromatic heterocycles. The van der Waals surface area contributed by atoms with Crippen molar-refractivity contribution in [3.8, 4) is 10.4 Å². The summed E-state index contributed by atoms with van der Waals surface area (Å²) in [6.07, 6.45) is 2.59. The van der Waals surface area contributed by atoms with Crippen LogP contribution in [0.2, 0.25) is 0 Å². The highest BCUT2D eigenvalue weighted by Crippen LogP contribution is 2.46. The summed E-state index contributed by atoms with van der Waals surface area (Å²) >= 11 is 1.37. The number of aliphatic hydroxyl groups is 1. The lowest BCUT2D eigenvalue weighted by Gasteiger charge is -2.35. The van der Waals surface area contributed by atoms with Crippen LogP contribution in [0.3, 0.4) is 0 Å². The molecule has 2 fully saturated rings. The molecule has 0 bridgehead atoms. The Morgan fingerprint density at radius 1 is 1.08 bits per heavy atom. The van der Waals surface area contributed by atoms with Crippen LogP contribution in [0.25, 0.3) is 10.4 Å². The Morgan fingerprint density at radius 2 is 1.81 bits per heavy atom. The minimum Gasteiger partial charge on any atom is -0.481 e. The van der Waals surface area contributed by atoms with Crippen molar-refractivity contribution in [2.24, 2.45) is 11.8 Å². The molecule has 7 nitrogen and oxygen atoms in total. The molecular formula is C26H27F3N4O3S. The van der Waals surface area contributed by atoms with E-state index < -0.39 is 23.4 Å². The number of aliphatic carboxylic acids is 1. The standard InChI is InChI=1S/C26H27F3N4O3S/c1-25(36,18-6-4-15(5-7-18)22(34)35)23-31-13-20(37-23)17-10-16(14-2-3-14)11-19(12-17)32-24-30-9-8-21(33-24)26(27,28)29/h8-15,18,36H,2-7H2,1H3,(H,34,35)(H,30,32,33). The van der Waals surface area contributed by atoms with Crippen LogP contribution in [-0.2, 0) is 16.6 Å². The van der Waals surface area contributed by atoms with Crippen LogP contribution in [0.1, 0.15) is 67.6 Å². The largest absolute Gasteiger partial charge is 0.481 e. The zero-order chi connectivity index (χ0) is 26.4. The molecule has 1 unspecified atom stereocenters. The zero-order valence-electron chi connectivity index (χ0n) is 20.1. The molecular weight excluding hydrogens is 505 g/mol. The van der Waals surface area contributed by atoms with Crippen LogP contribution in [0.15, 0.2) is 36.7 Å². The van der Waals surface area contributed by atoms with E-state index in [0.717, 1.165) is 41.1 Å². The van der Waals surface area contributed by atoms with E-state index in [1.54, 1.807) is 13.1 Å². The molecule has 2 heterocycles. The number of nitrogens with zero attached hydrogens (tertiary/aromatic N) is 3. The van der Waals surface area contributed by atoms with E-state index >= 15 is 0 Å². The van der Waals surface area contributed by atoms with Gasteiger partial charge in [-0.15, -0.1) is 11.3 Å². The van der Waals surface area contributed by atoms with E-state index in [9.17, 15) is 28.2 Å². The molecule has 1 atom stereocenters. The van der Waals surface area contributed by atoms with Crippen molar-refractivity contribution >= 4 is 28.9 Å². The topological polar surface area (TPSA) is 108 Å². The van der Waals surface area contributed by atoms with Crippen LogP contribution in [0, 0.1) is 11.8 Å². The number of alkyl halides is 3. The van der Waals surface area contributed by atoms with Gasteiger partial charge in [0.05, 0.1) is 10.8 Å². The lowest BCUT2D eigenvalue weighted by molar-refractivity contribution is -0.144. The van der Waals surface area contributed by atoms with Crippen molar-refractivity contribution in [1.29, 1.82) is 0 Å². The second kappa shape index (κ2) is 9.68. The lowest BCUT2D eigenvalue weighted by Crippen LogP contribution is -2.35. The van der Waals surface area contributed by atoms with Crippen LogP contribution >= 0.6 is 11.3 Å². The molecule has 0 saturated heterocycles. The molecule has 3 N–H and O–H groups in total. The molecule has 0 amide bonds. The van der Waals surface area contributed by atoms with Gasteiger partial charge in [-0.25, -0.2) is 15.0 Å². The van der Waals surface area contributed by atoms with Crippen molar-refractivity contribution in [2.45, 2.75) is 63.1 Å². The third-order valence-corrected chi connectivity index (χ3v) is 8.57. The number of benzene rings is 1. The fourth-order valence-corrected chi connectivity index (χ4v) is 5.97. The third kappa shape index (κ3) is 5.62. The average Bonchev–Trinajstić information content (AvgIpc) is 3.59. The van der Waals surface area contributed by atoms with Crippen molar-refractivity contribution in [1.82, 2.24) is 15.0 Å². The Bertz CT molecular complexity index is 1300. The summed E-state index contributed by atoms with van der Waals surface area (Å²) in [5.74, 6) is -0.988. The monoisotopic (exact) mass is 532 g/mol. The molecule has 37 heavy (non-hydrogen) atoms. The van der Waals surface area contributed by atoms with Gasteiger partial charge in [0.1, 0.15) is 16.3 Å². The van der Waals surface area contributed by atoms with Gasteiger partial charge in [0, 0.05) is 18.1 Å². The minimum absolute atomic E-state index is 0.0878. The Hall–Kier alpha value is -3.05. The van der Waals surface area contributed by atoms with Gasteiger partial charge < -0.3 is 15.5 Å². The number of hydrogen-bond acceptors (Lipinski definition) is 7. The van der Waals surface area contributed by atoms with E-state index in [0.29, 0.717) is 42.3 Å². The second-order valence-corrected chi connectivity index (χ2v) is 11.1. The summed E-state index contributed by atoms with van der Waals surface area (Å²) in [5, 5.41) is 24.1. The van der Waals surface area contributed by atoms with E-state index in [-0.39, 0.29) is 17.8 Å². The first kappa shape index (κ1) is 25.6. The van der Waals surface area contributed by atoms with Crippen LogP contribution in [-0.4, -0.2) is 31.1 Å². The number of thiazole rings is 1. The van der Waals surface area contributed by atoms with Crippen LogP contribution in [0.5, 0.6) is 0 Å². The highest BCUT2D eigenvalue weighted by atomic mass is 32.1. The second-order valence-electron chi connectivity index (χ2n) is 10.1. The van der Waals surface area contributed by atoms with Gasteiger partial charge >= 0.3 is 12.1 Å². The summed E-state index contributed by atoms with van der Waals surface area (Å²) in [6.45, 7) is 1.74. The minimum atomic E-state index is -4.57. The maximum atomic E-state index is 13.1. The van der Waals surface area contributed by atoms with E-state index in [4.69, 9.17) is 0 Å². The third-order valence-electron chi connectivity index (χ3n) is 7.30. The average molecular weight is 533 g/mol. The molecule has 0 radical (unpaired) electrons. The maximum Gasteiger partial charge on any atom is 0.433 e. The molecule has 3 aromatic rings. The summed E-state index contributed by atoms with van der Waals surface area (Å²) < 4.78 is 39.3. The maximum absolute atomic E-state index is 13.1. The molecule has 2 saturated carbocycles. The normalized spacial score (nSPS) is 21.9. The molecule has 0 spiro atoms. The molecule has 2 aliphatic rings. The molecule has 0 aliphatic heterocycles. The van der Waals surface area contributed by atoms with Crippen molar-refractivity contribution in [2.75, 3.05) is 5.32 Å². The van der Waals surface area contributed by atoms with Gasteiger partial charge in [-0.3, -0.25) is 4.79 Å². The number of carbonyl (C=O) groups is 1. The van der Waals surface area contributed by atoms with Crippen LogP contribution < -0.4 is 5.32 Å². The zero-order valence-corrected chi connectivity index (χ0v) is 20.9. The SMILES string of the molecule is CC(O)(c1ncc(-c2cc(Nc3nccc(C(F)(F)F)n3)cc(C3CC3)c2)s1)C1CCC(C(=O)O)CC1. The van der Waals surface area contributed by atoms with Gasteiger partial charge in [-0.1, -0.05) is 0 Å². The number of rotatable bonds is 7. The highest BCUT2D eigenvalue weighted by molar-refractivity contribution is 7.15. The van der Waals surface area contributed by atoms with Crippen molar-refractivity contribution in [3.05, 3.63) is 52.9 Å². The Balaban J connectivity index is 1.40. The number of nitrogens with one attached hydrogen (secondary N) is 1. The number of anilines is 2. The number of aromatic nitrogens is 3. The summed E-state index contributed by atoms with van der Waals surface area (Å²) in [4.78, 5) is 24.2. The molecule has 196 valence electrons. The fourth-order valence-electron chi connectivity index (χ4n) is 4.94. The first-order chi connectivity index (χ1) is 17.5. The van der Waals surface area contributed by atoms with Gasteiger partial charge in [-0.05, 0) is 92.7 Å². The number of carboxylic acid groups (broad SMARTS) is 1. The lowest BCUT2D eigenvalue weighted by atomic mass is 9.74. The smallest absolute Gasteiger partial charge is 0.433 e. The summed E-state index contributed by atoms with van der Waals surface area (Å²) in [6, 6.07) is 6.61. The van der Waals surface area contributed by atoms with E-state index in [1.165, 1.54) is 11.3 Å².